The van der Waals surface area contributed by atoms with Gasteiger partial charge >= 0.3 is 0 Å². The van der Waals surface area contributed by atoms with Crippen LogP contribution in [0.4, 0.5) is 11.4 Å². The summed E-state index contributed by atoms with van der Waals surface area (Å²) in [7, 11) is -2.16. The molecule has 0 radical (unpaired) electrons. The number of thiazole rings is 1. The van der Waals surface area contributed by atoms with Crippen molar-refractivity contribution in [1.29, 1.82) is 0 Å². The quantitative estimate of drug-likeness (QED) is 0.701. The molecule has 0 saturated carbocycles. The van der Waals surface area contributed by atoms with Crippen LogP contribution in [-0.4, -0.2) is 27.0 Å². The van der Waals surface area contributed by atoms with Gasteiger partial charge in [0.15, 0.2) is 0 Å². The van der Waals surface area contributed by atoms with Crippen LogP contribution in [0.3, 0.4) is 0 Å². The van der Waals surface area contributed by atoms with Gasteiger partial charge in [-0.15, -0.1) is 11.3 Å². The van der Waals surface area contributed by atoms with Gasteiger partial charge in [-0.05, 0) is 32.2 Å². The molecule has 0 amide bonds. The van der Waals surface area contributed by atoms with Gasteiger partial charge in [-0.1, -0.05) is 0 Å². The molecule has 21 heavy (non-hydrogen) atoms. The van der Waals surface area contributed by atoms with Gasteiger partial charge in [0.1, 0.15) is 4.90 Å². The number of rotatable bonds is 6. The van der Waals surface area contributed by atoms with Gasteiger partial charge in [0.2, 0.25) is 10.0 Å². The molecule has 114 valence electrons. The molecule has 2 aromatic rings. The minimum atomic E-state index is -3.52. The monoisotopic (exact) mass is 326 g/mol. The zero-order valence-corrected chi connectivity index (χ0v) is 13.5. The van der Waals surface area contributed by atoms with Gasteiger partial charge in [0, 0.05) is 24.0 Å². The molecule has 0 spiro atoms. The van der Waals surface area contributed by atoms with E-state index in [1.165, 1.54) is 13.1 Å². The highest BCUT2D eigenvalue weighted by atomic mass is 32.2. The first-order valence-electron chi connectivity index (χ1n) is 6.40. The van der Waals surface area contributed by atoms with E-state index in [0.717, 1.165) is 22.8 Å². The number of benzene rings is 1. The first-order valence-corrected chi connectivity index (χ1v) is 8.76. The topological polar surface area (TPSA) is 97.1 Å². The minimum absolute atomic E-state index is 0.0886. The van der Waals surface area contributed by atoms with Gasteiger partial charge in [-0.25, -0.2) is 18.1 Å². The van der Waals surface area contributed by atoms with Gasteiger partial charge in [0.25, 0.3) is 0 Å². The molecule has 6 nitrogen and oxygen atoms in total. The number of hydrogen-bond donors (Lipinski definition) is 3. The average molecular weight is 326 g/mol. The molecule has 0 fully saturated rings. The maximum atomic E-state index is 11.7. The number of hydrogen-bond acceptors (Lipinski definition) is 6. The van der Waals surface area contributed by atoms with Crippen LogP contribution in [0.2, 0.25) is 0 Å². The number of nitrogens with one attached hydrogen (secondary N) is 2. The smallest absolute Gasteiger partial charge is 0.242 e. The van der Waals surface area contributed by atoms with E-state index >= 15 is 0 Å². The van der Waals surface area contributed by atoms with Crippen molar-refractivity contribution < 1.29 is 8.42 Å². The van der Waals surface area contributed by atoms with Crippen LogP contribution in [0, 0.1) is 6.92 Å². The SMILES string of the molecule is CNS(=O)(=O)c1ccc(NCCc2csc(C)n2)cc1N. The summed E-state index contributed by atoms with van der Waals surface area (Å²) < 4.78 is 25.7. The molecule has 1 aromatic carbocycles. The van der Waals surface area contributed by atoms with E-state index < -0.39 is 10.0 Å². The maximum absolute atomic E-state index is 11.7. The fourth-order valence-electron chi connectivity index (χ4n) is 1.87. The molecule has 8 heteroatoms. The molecule has 0 aliphatic carbocycles. The molecule has 1 aromatic heterocycles. The van der Waals surface area contributed by atoms with E-state index in [1.54, 1.807) is 23.5 Å². The fraction of sp³-hybridized carbons (Fsp3) is 0.308. The Morgan fingerprint density at radius 2 is 2.14 bits per heavy atom. The molecule has 2 rings (SSSR count). The number of anilines is 2. The van der Waals surface area contributed by atoms with Gasteiger partial charge < -0.3 is 11.1 Å². The molecule has 1 heterocycles. The van der Waals surface area contributed by atoms with E-state index in [2.05, 4.69) is 15.0 Å². The lowest BCUT2D eigenvalue weighted by atomic mass is 10.2. The zero-order valence-electron chi connectivity index (χ0n) is 11.9. The summed E-state index contributed by atoms with van der Waals surface area (Å²) in [5.74, 6) is 0. The summed E-state index contributed by atoms with van der Waals surface area (Å²) in [5.41, 5.74) is 7.86. The van der Waals surface area contributed by atoms with Crippen LogP contribution in [0.5, 0.6) is 0 Å². The van der Waals surface area contributed by atoms with Crippen LogP contribution >= 0.6 is 11.3 Å². The van der Waals surface area contributed by atoms with E-state index in [0.29, 0.717) is 6.54 Å². The fourth-order valence-corrected chi connectivity index (χ4v) is 3.35. The van der Waals surface area contributed by atoms with Crippen molar-refractivity contribution in [3.63, 3.8) is 0 Å². The van der Waals surface area contributed by atoms with Crippen molar-refractivity contribution in [3.8, 4) is 0 Å². The standard InChI is InChI=1S/C13H18N4O2S2/c1-9-17-11(8-20-9)5-6-16-10-3-4-13(12(14)7-10)21(18,19)15-2/h3-4,7-8,15-16H,5-6,14H2,1-2H3. The predicted octanol–water partition coefficient (Wildman–Crippen LogP) is 1.60. The summed E-state index contributed by atoms with van der Waals surface area (Å²) in [4.78, 5) is 4.47. The summed E-state index contributed by atoms with van der Waals surface area (Å²) in [5, 5.41) is 6.30. The molecule has 0 atom stereocenters. The second-order valence-corrected chi connectivity index (χ2v) is 7.41. The maximum Gasteiger partial charge on any atom is 0.242 e. The second kappa shape index (κ2) is 6.42. The normalized spacial score (nSPS) is 11.5. The Morgan fingerprint density at radius 3 is 2.71 bits per heavy atom. The lowest BCUT2D eigenvalue weighted by Crippen LogP contribution is -2.20. The molecule has 0 bridgehead atoms. The molecule has 0 aliphatic heterocycles. The highest BCUT2D eigenvalue weighted by Gasteiger charge is 2.15. The van der Waals surface area contributed by atoms with Gasteiger partial charge in [-0.2, -0.15) is 0 Å². The van der Waals surface area contributed by atoms with Crippen LogP contribution in [0.1, 0.15) is 10.7 Å². The van der Waals surface area contributed by atoms with E-state index in [9.17, 15) is 8.42 Å². The number of nitrogen functional groups attached to an aromatic ring is 1. The second-order valence-electron chi connectivity index (χ2n) is 4.49. The van der Waals surface area contributed by atoms with Crippen molar-refractivity contribution in [2.75, 3.05) is 24.6 Å². The molecular formula is C13H18N4O2S2. The number of nitrogens with two attached hydrogens (primary N) is 1. The van der Waals surface area contributed by atoms with E-state index in [1.807, 2.05) is 12.3 Å². The molecule has 0 aliphatic rings. The summed E-state index contributed by atoms with van der Waals surface area (Å²) >= 11 is 1.63. The summed E-state index contributed by atoms with van der Waals surface area (Å²) in [6, 6.07) is 4.82. The number of aryl methyl sites for hydroxylation is 1. The Hall–Kier alpha value is -1.64. The Balaban J connectivity index is 2.00. The molecule has 4 N–H and O–H groups in total. The Kier molecular flexibility index (Phi) is 4.81. The van der Waals surface area contributed by atoms with Crippen LogP contribution in [0.25, 0.3) is 0 Å². The first kappa shape index (κ1) is 15.7. The highest BCUT2D eigenvalue weighted by Crippen LogP contribution is 2.22. The number of aromatic nitrogens is 1. The van der Waals surface area contributed by atoms with Crippen molar-refractivity contribution in [2.45, 2.75) is 18.2 Å². The van der Waals surface area contributed by atoms with Gasteiger partial charge in [-0.3, -0.25) is 0 Å². The lowest BCUT2D eigenvalue weighted by Gasteiger charge is -2.10. The predicted molar refractivity (Wildman–Crippen MR) is 86.1 cm³/mol. The van der Waals surface area contributed by atoms with Crippen molar-refractivity contribution in [2.24, 2.45) is 0 Å². The summed E-state index contributed by atoms with van der Waals surface area (Å²) in [6.07, 6.45) is 0.806. The third kappa shape index (κ3) is 3.93. The zero-order chi connectivity index (χ0) is 15.5. The third-order valence-corrected chi connectivity index (χ3v) is 5.26. The van der Waals surface area contributed by atoms with Crippen molar-refractivity contribution in [1.82, 2.24) is 9.71 Å². The lowest BCUT2D eigenvalue weighted by molar-refractivity contribution is 0.588. The Bertz CT molecular complexity index is 726. The Labute approximate surface area is 128 Å². The van der Waals surface area contributed by atoms with Crippen LogP contribution < -0.4 is 15.8 Å². The molecule has 0 unspecified atom stereocenters. The molecule has 0 saturated heterocycles. The van der Waals surface area contributed by atoms with Crippen LogP contribution in [0.15, 0.2) is 28.5 Å². The third-order valence-electron chi connectivity index (χ3n) is 2.94. The number of nitrogens with zero attached hydrogens (tertiary/aromatic N) is 1. The number of sulfonamides is 1. The van der Waals surface area contributed by atoms with E-state index in [4.69, 9.17) is 5.73 Å². The Morgan fingerprint density at radius 1 is 1.38 bits per heavy atom. The largest absolute Gasteiger partial charge is 0.398 e. The average Bonchev–Trinajstić information content (AvgIpc) is 2.84. The van der Waals surface area contributed by atoms with Crippen LogP contribution in [-0.2, 0) is 16.4 Å². The first-order chi connectivity index (χ1) is 9.92. The van der Waals surface area contributed by atoms with Crippen molar-refractivity contribution >= 4 is 32.7 Å². The van der Waals surface area contributed by atoms with Gasteiger partial charge in [0.05, 0.1) is 16.4 Å². The highest BCUT2D eigenvalue weighted by molar-refractivity contribution is 7.89. The summed E-state index contributed by atoms with van der Waals surface area (Å²) in [6.45, 7) is 2.68. The minimum Gasteiger partial charge on any atom is -0.398 e. The molecular weight excluding hydrogens is 308 g/mol. The van der Waals surface area contributed by atoms with E-state index in [-0.39, 0.29) is 10.6 Å². The van der Waals surface area contributed by atoms with Crippen molar-refractivity contribution in [3.05, 3.63) is 34.3 Å².